The van der Waals surface area contributed by atoms with Crippen molar-refractivity contribution in [3.63, 3.8) is 0 Å². The molecule has 0 spiro atoms. The minimum Gasteiger partial charge on any atom is -0.381 e. The Kier molecular flexibility index (Phi) is 3.33. The molecule has 3 heteroatoms. The van der Waals surface area contributed by atoms with Gasteiger partial charge in [-0.05, 0) is 32.7 Å². The summed E-state index contributed by atoms with van der Waals surface area (Å²) in [6, 6.07) is 0.770. The minimum atomic E-state index is 0.246. The van der Waals surface area contributed by atoms with Gasteiger partial charge in [0.25, 0.3) is 0 Å². The van der Waals surface area contributed by atoms with Gasteiger partial charge in [-0.3, -0.25) is 4.90 Å². The first-order valence-corrected chi connectivity index (χ1v) is 6.17. The molecule has 0 bridgehead atoms. The molecule has 0 heterocycles. The third kappa shape index (κ3) is 1.93. The second-order valence-corrected chi connectivity index (χ2v) is 5.24. The summed E-state index contributed by atoms with van der Waals surface area (Å²) in [4.78, 5) is 2.55. The van der Waals surface area contributed by atoms with Crippen molar-refractivity contribution in [2.24, 2.45) is 5.73 Å². The molecule has 3 nitrogen and oxygen atoms in total. The molecule has 0 saturated heterocycles. The van der Waals surface area contributed by atoms with Crippen molar-refractivity contribution in [1.82, 2.24) is 4.90 Å². The minimum absolute atomic E-state index is 0.246. The van der Waals surface area contributed by atoms with Crippen molar-refractivity contribution in [3.05, 3.63) is 0 Å². The van der Waals surface area contributed by atoms with E-state index in [1.807, 2.05) is 0 Å². The fraction of sp³-hybridized carbons (Fsp3) is 1.00. The molecule has 0 aromatic carbocycles. The quantitative estimate of drug-likeness (QED) is 0.765. The average Bonchev–Trinajstić information content (AvgIpc) is 2.70. The van der Waals surface area contributed by atoms with Gasteiger partial charge in [0, 0.05) is 25.2 Å². The van der Waals surface area contributed by atoms with E-state index in [9.17, 15) is 0 Å². The second-order valence-electron chi connectivity index (χ2n) is 5.24. The zero-order valence-electron chi connectivity index (χ0n) is 10.0. The van der Waals surface area contributed by atoms with E-state index in [0.717, 1.165) is 25.4 Å². The molecule has 2 aliphatic carbocycles. The van der Waals surface area contributed by atoms with E-state index in [4.69, 9.17) is 10.5 Å². The summed E-state index contributed by atoms with van der Waals surface area (Å²) in [5.41, 5.74) is 6.20. The Bertz CT molecular complexity index is 208. The number of rotatable bonds is 4. The zero-order chi connectivity index (χ0) is 10.9. The highest BCUT2D eigenvalue weighted by molar-refractivity contribution is 5.05. The predicted molar refractivity (Wildman–Crippen MR) is 61.8 cm³/mol. The Hall–Kier alpha value is -0.120. The van der Waals surface area contributed by atoms with Crippen LogP contribution >= 0.6 is 0 Å². The first-order chi connectivity index (χ1) is 7.22. The largest absolute Gasteiger partial charge is 0.381 e. The Morgan fingerprint density at radius 3 is 2.40 bits per heavy atom. The molecule has 0 amide bonds. The van der Waals surface area contributed by atoms with Gasteiger partial charge in [-0.15, -0.1) is 0 Å². The molecule has 0 aliphatic heterocycles. The third-order valence-electron chi connectivity index (χ3n) is 4.55. The maximum Gasteiger partial charge on any atom is 0.0607 e. The van der Waals surface area contributed by atoms with E-state index in [2.05, 4.69) is 11.9 Å². The lowest BCUT2D eigenvalue weighted by atomic mass is 9.72. The molecule has 2 fully saturated rings. The number of ether oxygens (including phenoxy) is 1. The first-order valence-electron chi connectivity index (χ1n) is 6.17. The van der Waals surface area contributed by atoms with Gasteiger partial charge in [0.2, 0.25) is 0 Å². The van der Waals surface area contributed by atoms with Crippen molar-refractivity contribution >= 4 is 0 Å². The molecule has 0 aromatic rings. The summed E-state index contributed by atoms with van der Waals surface area (Å²) in [6.45, 7) is 0.778. The normalized spacial score (nSPS) is 37.2. The number of nitrogens with zero attached hydrogens (tertiary/aromatic N) is 1. The van der Waals surface area contributed by atoms with Crippen LogP contribution < -0.4 is 5.73 Å². The van der Waals surface area contributed by atoms with Crippen LogP contribution in [-0.4, -0.2) is 43.3 Å². The standard InChI is InChI=1S/C12H24N2O/c1-14(10-5-3-4-6-10)12(9-13)7-11(8-12)15-2/h10-11H,3-9,13H2,1-2H3. The molecule has 2 aliphatic rings. The van der Waals surface area contributed by atoms with Crippen molar-refractivity contribution in [1.29, 1.82) is 0 Å². The van der Waals surface area contributed by atoms with Gasteiger partial charge in [-0.25, -0.2) is 0 Å². The van der Waals surface area contributed by atoms with Crippen LogP contribution in [0.15, 0.2) is 0 Å². The lowest BCUT2D eigenvalue weighted by Crippen LogP contribution is -2.64. The molecule has 0 radical (unpaired) electrons. The maximum atomic E-state index is 5.96. The monoisotopic (exact) mass is 212 g/mol. The maximum absolute atomic E-state index is 5.96. The van der Waals surface area contributed by atoms with Crippen molar-refractivity contribution < 1.29 is 4.74 Å². The van der Waals surface area contributed by atoms with E-state index in [1.54, 1.807) is 7.11 Å². The number of methoxy groups -OCH3 is 1. The highest BCUT2D eigenvalue weighted by Crippen LogP contribution is 2.41. The molecule has 0 aromatic heterocycles. The Morgan fingerprint density at radius 1 is 1.33 bits per heavy atom. The average molecular weight is 212 g/mol. The molecule has 88 valence electrons. The van der Waals surface area contributed by atoms with Crippen LogP contribution in [0.4, 0.5) is 0 Å². The van der Waals surface area contributed by atoms with Gasteiger partial charge in [0.15, 0.2) is 0 Å². The summed E-state index contributed by atoms with van der Waals surface area (Å²) in [7, 11) is 4.06. The lowest BCUT2D eigenvalue weighted by molar-refractivity contribution is -0.0910. The number of likely N-dealkylation sites (N-methyl/N-ethyl adjacent to an activating group) is 1. The van der Waals surface area contributed by atoms with Crippen LogP contribution in [0.2, 0.25) is 0 Å². The predicted octanol–water partition coefficient (Wildman–Crippen LogP) is 1.37. The Morgan fingerprint density at radius 2 is 1.93 bits per heavy atom. The fourth-order valence-electron chi connectivity index (χ4n) is 3.23. The Labute approximate surface area is 93.0 Å². The third-order valence-corrected chi connectivity index (χ3v) is 4.55. The van der Waals surface area contributed by atoms with Gasteiger partial charge in [-0.2, -0.15) is 0 Å². The van der Waals surface area contributed by atoms with E-state index in [1.165, 1.54) is 25.7 Å². The molecular weight excluding hydrogens is 188 g/mol. The summed E-state index contributed by atoms with van der Waals surface area (Å²) in [5, 5.41) is 0. The van der Waals surface area contributed by atoms with Crippen LogP contribution in [0, 0.1) is 0 Å². The van der Waals surface area contributed by atoms with Crippen LogP contribution in [0.3, 0.4) is 0 Å². The molecule has 2 N–H and O–H groups in total. The first kappa shape index (κ1) is 11.4. The molecule has 2 rings (SSSR count). The molecule has 15 heavy (non-hydrogen) atoms. The lowest BCUT2D eigenvalue weighted by Gasteiger charge is -2.54. The van der Waals surface area contributed by atoms with Gasteiger partial charge < -0.3 is 10.5 Å². The fourth-order valence-corrected chi connectivity index (χ4v) is 3.23. The van der Waals surface area contributed by atoms with E-state index >= 15 is 0 Å². The molecular formula is C12H24N2O. The van der Waals surface area contributed by atoms with E-state index in [0.29, 0.717) is 6.10 Å². The number of hydrogen-bond donors (Lipinski definition) is 1. The van der Waals surface area contributed by atoms with Gasteiger partial charge in [0.05, 0.1) is 6.10 Å². The summed E-state index contributed by atoms with van der Waals surface area (Å²) < 4.78 is 5.37. The van der Waals surface area contributed by atoms with E-state index in [-0.39, 0.29) is 5.54 Å². The second kappa shape index (κ2) is 4.40. The highest BCUT2D eigenvalue weighted by atomic mass is 16.5. The van der Waals surface area contributed by atoms with Crippen molar-refractivity contribution in [2.45, 2.75) is 56.2 Å². The van der Waals surface area contributed by atoms with E-state index < -0.39 is 0 Å². The zero-order valence-corrected chi connectivity index (χ0v) is 10.0. The summed E-state index contributed by atoms with van der Waals surface area (Å²) >= 11 is 0. The van der Waals surface area contributed by atoms with Crippen LogP contribution in [0.25, 0.3) is 0 Å². The van der Waals surface area contributed by atoms with Gasteiger partial charge >= 0.3 is 0 Å². The summed E-state index contributed by atoms with van der Waals surface area (Å²) in [6.07, 6.45) is 8.18. The van der Waals surface area contributed by atoms with Crippen LogP contribution in [0.1, 0.15) is 38.5 Å². The van der Waals surface area contributed by atoms with Crippen molar-refractivity contribution in [3.8, 4) is 0 Å². The van der Waals surface area contributed by atoms with Crippen LogP contribution in [0.5, 0.6) is 0 Å². The smallest absolute Gasteiger partial charge is 0.0607 e. The van der Waals surface area contributed by atoms with Crippen molar-refractivity contribution in [2.75, 3.05) is 20.7 Å². The molecule has 0 atom stereocenters. The molecule has 0 unspecified atom stereocenters. The van der Waals surface area contributed by atoms with Gasteiger partial charge in [0.1, 0.15) is 0 Å². The summed E-state index contributed by atoms with van der Waals surface area (Å²) in [5.74, 6) is 0. The number of hydrogen-bond acceptors (Lipinski definition) is 3. The number of nitrogens with two attached hydrogens (primary N) is 1. The Balaban J connectivity index is 1.94. The van der Waals surface area contributed by atoms with Crippen LogP contribution in [-0.2, 0) is 4.74 Å². The highest BCUT2D eigenvalue weighted by Gasteiger charge is 2.48. The molecule has 2 saturated carbocycles. The topological polar surface area (TPSA) is 38.5 Å². The SMILES string of the molecule is COC1CC(CN)(N(C)C2CCCC2)C1. The van der Waals surface area contributed by atoms with Gasteiger partial charge in [-0.1, -0.05) is 12.8 Å².